The van der Waals surface area contributed by atoms with Gasteiger partial charge in [0, 0.05) is 5.69 Å². The number of aromatic amines is 1. The van der Waals surface area contributed by atoms with Crippen LogP contribution in [0.5, 0.6) is 0 Å². The zero-order valence-electron chi connectivity index (χ0n) is 9.77. The van der Waals surface area contributed by atoms with E-state index < -0.39 is 0 Å². The molecule has 0 spiro atoms. The van der Waals surface area contributed by atoms with E-state index in [-0.39, 0.29) is 11.7 Å². The number of hydrogen-bond donors (Lipinski definition) is 2. The number of amides is 1. The van der Waals surface area contributed by atoms with Crippen LogP contribution < -0.4 is 5.32 Å². The Morgan fingerprint density at radius 2 is 2.24 bits per heavy atom. The number of nitrogens with one attached hydrogen (secondary N) is 2. The fraction of sp³-hybridized carbons (Fsp3) is 0.250. The van der Waals surface area contributed by atoms with Crippen molar-refractivity contribution in [2.45, 2.75) is 19.8 Å². The van der Waals surface area contributed by atoms with E-state index in [2.05, 4.69) is 34.3 Å². The average molecular weight is 230 g/mol. The van der Waals surface area contributed by atoms with Gasteiger partial charge in [-0.05, 0) is 23.6 Å². The Bertz CT molecular complexity index is 505. The van der Waals surface area contributed by atoms with Crippen molar-refractivity contribution >= 4 is 11.6 Å². The number of anilines is 1. The molecular formula is C12H14N4O. The van der Waals surface area contributed by atoms with Gasteiger partial charge in [0.2, 0.25) is 5.82 Å². The zero-order valence-corrected chi connectivity index (χ0v) is 9.77. The maximum Gasteiger partial charge on any atom is 0.292 e. The van der Waals surface area contributed by atoms with Gasteiger partial charge < -0.3 is 5.32 Å². The van der Waals surface area contributed by atoms with Crippen LogP contribution in [0.2, 0.25) is 0 Å². The van der Waals surface area contributed by atoms with Crippen molar-refractivity contribution in [3.63, 3.8) is 0 Å². The summed E-state index contributed by atoms with van der Waals surface area (Å²) in [6, 6.07) is 7.76. The topological polar surface area (TPSA) is 70.7 Å². The molecule has 0 saturated heterocycles. The smallest absolute Gasteiger partial charge is 0.292 e. The van der Waals surface area contributed by atoms with Crippen LogP contribution in [0, 0.1) is 0 Å². The summed E-state index contributed by atoms with van der Waals surface area (Å²) in [5, 5.41) is 8.92. The van der Waals surface area contributed by atoms with Gasteiger partial charge in [-0.3, -0.25) is 9.89 Å². The second-order valence-electron chi connectivity index (χ2n) is 4.07. The molecule has 0 unspecified atom stereocenters. The van der Waals surface area contributed by atoms with E-state index in [0.29, 0.717) is 5.92 Å². The van der Waals surface area contributed by atoms with Crippen LogP contribution in [-0.4, -0.2) is 21.1 Å². The molecule has 1 amide bonds. The van der Waals surface area contributed by atoms with E-state index in [1.807, 2.05) is 24.3 Å². The molecule has 1 aromatic carbocycles. The van der Waals surface area contributed by atoms with Crippen molar-refractivity contribution in [1.82, 2.24) is 15.2 Å². The molecule has 0 aliphatic carbocycles. The second-order valence-corrected chi connectivity index (χ2v) is 4.07. The molecule has 0 aliphatic heterocycles. The Hall–Kier alpha value is -2.17. The highest BCUT2D eigenvalue weighted by Gasteiger charge is 2.09. The lowest BCUT2D eigenvalue weighted by molar-refractivity contribution is 0.101. The van der Waals surface area contributed by atoms with Crippen LogP contribution in [0.15, 0.2) is 30.6 Å². The summed E-state index contributed by atoms with van der Waals surface area (Å²) in [6.45, 7) is 4.22. The third-order valence-electron chi connectivity index (χ3n) is 2.44. The highest BCUT2D eigenvalue weighted by molar-refractivity contribution is 6.01. The Kier molecular flexibility index (Phi) is 3.18. The fourth-order valence-electron chi connectivity index (χ4n) is 1.48. The number of benzene rings is 1. The molecule has 2 rings (SSSR count). The van der Waals surface area contributed by atoms with Gasteiger partial charge in [-0.2, -0.15) is 5.10 Å². The van der Waals surface area contributed by atoms with Crippen LogP contribution >= 0.6 is 0 Å². The third kappa shape index (κ3) is 2.69. The average Bonchev–Trinajstić information content (AvgIpc) is 2.82. The summed E-state index contributed by atoms with van der Waals surface area (Å²) in [4.78, 5) is 15.5. The standard InChI is InChI=1S/C12H14N4O/c1-8(2)9-4-3-5-10(6-9)15-12(17)11-13-7-14-16-11/h3-8H,1-2H3,(H,15,17)(H,13,14,16). The third-order valence-corrected chi connectivity index (χ3v) is 2.44. The number of carbonyl (C=O) groups excluding carboxylic acids is 1. The number of nitrogens with zero attached hydrogens (tertiary/aromatic N) is 2. The first-order chi connectivity index (χ1) is 8.16. The van der Waals surface area contributed by atoms with Crippen LogP contribution in [0.3, 0.4) is 0 Å². The molecule has 0 bridgehead atoms. The molecular weight excluding hydrogens is 216 g/mol. The molecule has 5 nitrogen and oxygen atoms in total. The highest BCUT2D eigenvalue weighted by atomic mass is 16.2. The summed E-state index contributed by atoms with van der Waals surface area (Å²) in [6.07, 6.45) is 1.31. The van der Waals surface area contributed by atoms with Crippen LogP contribution in [0.25, 0.3) is 0 Å². The lowest BCUT2D eigenvalue weighted by Gasteiger charge is -2.08. The quantitative estimate of drug-likeness (QED) is 0.849. The van der Waals surface area contributed by atoms with Crippen LogP contribution in [0.4, 0.5) is 5.69 Å². The van der Waals surface area contributed by atoms with Crippen molar-refractivity contribution in [1.29, 1.82) is 0 Å². The molecule has 88 valence electrons. The van der Waals surface area contributed by atoms with Crippen LogP contribution in [0.1, 0.15) is 35.9 Å². The Morgan fingerprint density at radius 1 is 1.41 bits per heavy atom. The molecule has 1 aromatic heterocycles. The normalized spacial score (nSPS) is 10.5. The fourth-order valence-corrected chi connectivity index (χ4v) is 1.48. The van der Waals surface area contributed by atoms with E-state index in [9.17, 15) is 4.79 Å². The van der Waals surface area contributed by atoms with Gasteiger partial charge in [0.1, 0.15) is 6.33 Å². The summed E-state index contributed by atoms with van der Waals surface area (Å²) in [5.74, 6) is 0.348. The van der Waals surface area contributed by atoms with Crippen molar-refractivity contribution in [3.05, 3.63) is 42.0 Å². The maximum atomic E-state index is 11.7. The molecule has 2 N–H and O–H groups in total. The number of hydrogen-bond acceptors (Lipinski definition) is 3. The molecule has 2 aromatic rings. The number of rotatable bonds is 3. The first kappa shape index (κ1) is 11.3. The summed E-state index contributed by atoms with van der Waals surface area (Å²) >= 11 is 0. The molecule has 1 heterocycles. The minimum Gasteiger partial charge on any atom is -0.319 e. The number of H-pyrrole nitrogens is 1. The minimum absolute atomic E-state index is 0.208. The lowest BCUT2D eigenvalue weighted by Crippen LogP contribution is -2.13. The van der Waals surface area contributed by atoms with Crippen molar-refractivity contribution in [3.8, 4) is 0 Å². The molecule has 0 fully saturated rings. The monoisotopic (exact) mass is 230 g/mol. The molecule has 5 heteroatoms. The minimum atomic E-state index is -0.289. The van der Waals surface area contributed by atoms with E-state index in [4.69, 9.17) is 0 Å². The van der Waals surface area contributed by atoms with Gasteiger partial charge in [-0.1, -0.05) is 26.0 Å². The van der Waals surface area contributed by atoms with E-state index in [1.165, 1.54) is 11.9 Å². The Morgan fingerprint density at radius 3 is 2.88 bits per heavy atom. The summed E-state index contributed by atoms with van der Waals surface area (Å²) < 4.78 is 0. The van der Waals surface area contributed by atoms with Gasteiger partial charge in [0.15, 0.2) is 0 Å². The van der Waals surface area contributed by atoms with Gasteiger partial charge in [-0.15, -0.1) is 0 Å². The van der Waals surface area contributed by atoms with Crippen molar-refractivity contribution < 1.29 is 4.79 Å². The number of aromatic nitrogens is 3. The van der Waals surface area contributed by atoms with Gasteiger partial charge in [0.05, 0.1) is 0 Å². The predicted molar refractivity (Wildman–Crippen MR) is 64.9 cm³/mol. The highest BCUT2D eigenvalue weighted by Crippen LogP contribution is 2.18. The molecule has 0 saturated carbocycles. The number of carbonyl (C=O) groups is 1. The molecule has 0 aliphatic rings. The maximum absolute atomic E-state index is 11.7. The van der Waals surface area contributed by atoms with Crippen molar-refractivity contribution in [2.75, 3.05) is 5.32 Å². The Labute approximate surface area is 99.3 Å². The van der Waals surface area contributed by atoms with E-state index in [0.717, 1.165) is 5.69 Å². The predicted octanol–water partition coefficient (Wildman–Crippen LogP) is 2.18. The van der Waals surface area contributed by atoms with E-state index in [1.54, 1.807) is 0 Å². The van der Waals surface area contributed by atoms with Gasteiger partial charge in [0.25, 0.3) is 5.91 Å². The van der Waals surface area contributed by atoms with Crippen molar-refractivity contribution in [2.24, 2.45) is 0 Å². The lowest BCUT2D eigenvalue weighted by atomic mass is 10.0. The Balaban J connectivity index is 2.14. The summed E-state index contributed by atoms with van der Waals surface area (Å²) in [7, 11) is 0. The molecule has 0 radical (unpaired) electrons. The van der Waals surface area contributed by atoms with E-state index >= 15 is 0 Å². The molecule has 17 heavy (non-hydrogen) atoms. The first-order valence-corrected chi connectivity index (χ1v) is 5.43. The largest absolute Gasteiger partial charge is 0.319 e. The van der Waals surface area contributed by atoms with Gasteiger partial charge in [-0.25, -0.2) is 4.98 Å². The zero-order chi connectivity index (χ0) is 12.3. The van der Waals surface area contributed by atoms with Gasteiger partial charge >= 0.3 is 0 Å². The first-order valence-electron chi connectivity index (χ1n) is 5.43. The van der Waals surface area contributed by atoms with Crippen LogP contribution in [-0.2, 0) is 0 Å². The molecule has 0 atom stereocenters. The second kappa shape index (κ2) is 4.78. The SMILES string of the molecule is CC(C)c1cccc(NC(=O)c2ncn[nH]2)c1. The summed E-state index contributed by atoms with van der Waals surface area (Å²) in [5.41, 5.74) is 1.94.